The van der Waals surface area contributed by atoms with Crippen molar-refractivity contribution < 1.29 is 9.53 Å². The molecule has 0 aromatic carbocycles. The van der Waals surface area contributed by atoms with Crippen LogP contribution < -0.4 is 5.32 Å². The number of hydrogen-bond donors (Lipinski definition) is 1. The van der Waals surface area contributed by atoms with Crippen molar-refractivity contribution in [2.24, 2.45) is 5.92 Å². The molecule has 0 aliphatic heterocycles. The molecule has 0 spiro atoms. The van der Waals surface area contributed by atoms with Crippen LogP contribution in [-0.4, -0.2) is 38.6 Å². The maximum atomic E-state index is 12.2. The van der Waals surface area contributed by atoms with E-state index in [-0.39, 0.29) is 12.0 Å². The van der Waals surface area contributed by atoms with Crippen LogP contribution in [0.4, 0.5) is 5.82 Å². The number of aryl methyl sites for hydroxylation is 2. The van der Waals surface area contributed by atoms with Gasteiger partial charge in [0.15, 0.2) is 5.82 Å². The lowest BCUT2D eigenvalue weighted by Crippen LogP contribution is -2.19. The third kappa shape index (κ3) is 5.94. The van der Waals surface area contributed by atoms with Crippen LogP contribution in [0.25, 0.3) is 5.82 Å². The number of carbonyl (C=O) groups excluding carboxylic acids is 1. The number of hydrogen-bond acceptors (Lipinski definition) is 5. The largest absolute Gasteiger partial charge is 0.378 e. The van der Waals surface area contributed by atoms with Gasteiger partial charge in [-0.25, -0.2) is 0 Å². The average Bonchev–Trinajstić information content (AvgIpc) is 2.87. The van der Waals surface area contributed by atoms with E-state index in [0.717, 1.165) is 17.8 Å². The van der Waals surface area contributed by atoms with E-state index in [4.69, 9.17) is 4.74 Å². The van der Waals surface area contributed by atoms with Gasteiger partial charge in [0.2, 0.25) is 5.91 Å². The second-order valence-electron chi connectivity index (χ2n) is 6.72. The molecule has 2 aromatic rings. The summed E-state index contributed by atoms with van der Waals surface area (Å²) in [6, 6.07) is 5.48. The Bertz CT molecular complexity index is 694. The summed E-state index contributed by atoms with van der Waals surface area (Å²) < 4.78 is 7.27. The van der Waals surface area contributed by atoms with E-state index in [0.29, 0.717) is 30.6 Å². The van der Waals surface area contributed by atoms with Crippen molar-refractivity contribution in [3.8, 4) is 5.82 Å². The summed E-state index contributed by atoms with van der Waals surface area (Å²) in [5.41, 5.74) is 1.62. The van der Waals surface area contributed by atoms with Crippen LogP contribution in [0.1, 0.15) is 45.0 Å². The predicted molar refractivity (Wildman–Crippen MR) is 96.7 cm³/mol. The number of nitrogens with zero attached hydrogens (tertiary/aromatic N) is 4. The average molecular weight is 345 g/mol. The topological polar surface area (TPSA) is 81.9 Å². The Morgan fingerprint density at radius 1 is 1.20 bits per heavy atom. The maximum absolute atomic E-state index is 12.2. The van der Waals surface area contributed by atoms with Gasteiger partial charge >= 0.3 is 0 Å². The first-order valence-electron chi connectivity index (χ1n) is 8.64. The number of ether oxygens (including phenoxy) is 1. The van der Waals surface area contributed by atoms with Crippen molar-refractivity contribution in [1.29, 1.82) is 0 Å². The molecule has 0 fully saturated rings. The standard InChI is InChI=1S/C18H27N5O2/c1-12(2)10-15(5)25-9-8-18(24)19-17-11-14(4)22-23(17)16-7-6-13(3)20-21-16/h6-7,11-12,15H,8-10H2,1-5H3,(H,19,24). The molecule has 0 aliphatic carbocycles. The summed E-state index contributed by atoms with van der Waals surface area (Å²) in [4.78, 5) is 12.2. The van der Waals surface area contributed by atoms with Crippen LogP contribution >= 0.6 is 0 Å². The quantitative estimate of drug-likeness (QED) is 0.795. The summed E-state index contributed by atoms with van der Waals surface area (Å²) in [5, 5.41) is 15.4. The van der Waals surface area contributed by atoms with Gasteiger partial charge in [0.25, 0.3) is 0 Å². The number of rotatable bonds is 8. The molecule has 0 bridgehead atoms. The zero-order valence-electron chi connectivity index (χ0n) is 15.6. The molecule has 0 saturated heterocycles. The first kappa shape index (κ1) is 19.1. The van der Waals surface area contributed by atoms with Crippen molar-refractivity contribution in [2.75, 3.05) is 11.9 Å². The van der Waals surface area contributed by atoms with Crippen LogP contribution in [0, 0.1) is 19.8 Å². The number of nitrogens with one attached hydrogen (secondary N) is 1. The Balaban J connectivity index is 1.94. The fourth-order valence-electron chi connectivity index (χ4n) is 2.56. The minimum atomic E-state index is -0.113. The first-order valence-corrected chi connectivity index (χ1v) is 8.64. The van der Waals surface area contributed by atoms with E-state index >= 15 is 0 Å². The lowest BCUT2D eigenvalue weighted by molar-refractivity contribution is -0.117. The third-order valence-corrected chi connectivity index (χ3v) is 3.63. The van der Waals surface area contributed by atoms with E-state index in [9.17, 15) is 4.79 Å². The maximum Gasteiger partial charge on any atom is 0.227 e. The minimum absolute atomic E-state index is 0.113. The molecule has 2 aromatic heterocycles. The zero-order valence-corrected chi connectivity index (χ0v) is 15.6. The second-order valence-corrected chi connectivity index (χ2v) is 6.72. The molecule has 7 nitrogen and oxygen atoms in total. The highest BCUT2D eigenvalue weighted by Gasteiger charge is 2.13. The summed E-state index contributed by atoms with van der Waals surface area (Å²) in [6.07, 6.45) is 1.44. The Morgan fingerprint density at radius 2 is 1.96 bits per heavy atom. The van der Waals surface area contributed by atoms with Gasteiger partial charge in [-0.15, -0.1) is 5.10 Å². The van der Waals surface area contributed by atoms with E-state index in [2.05, 4.69) is 34.5 Å². The fourth-order valence-corrected chi connectivity index (χ4v) is 2.56. The van der Waals surface area contributed by atoms with E-state index in [1.54, 1.807) is 4.68 Å². The summed E-state index contributed by atoms with van der Waals surface area (Å²) in [7, 11) is 0. The highest BCUT2D eigenvalue weighted by Crippen LogP contribution is 2.15. The Hall–Kier alpha value is -2.28. The Morgan fingerprint density at radius 3 is 2.60 bits per heavy atom. The monoisotopic (exact) mass is 345 g/mol. The van der Waals surface area contributed by atoms with Gasteiger partial charge in [0.1, 0.15) is 5.82 Å². The highest BCUT2D eigenvalue weighted by atomic mass is 16.5. The SMILES string of the molecule is Cc1ccc(-n2nc(C)cc2NC(=O)CCOC(C)CC(C)C)nn1. The van der Waals surface area contributed by atoms with E-state index < -0.39 is 0 Å². The minimum Gasteiger partial charge on any atom is -0.378 e. The number of amides is 1. The molecule has 1 amide bonds. The van der Waals surface area contributed by atoms with Gasteiger partial charge in [-0.3, -0.25) is 4.79 Å². The molecule has 7 heteroatoms. The molecular formula is C18H27N5O2. The van der Waals surface area contributed by atoms with Crippen molar-refractivity contribution in [3.05, 3.63) is 29.6 Å². The predicted octanol–water partition coefficient (Wildman–Crippen LogP) is 3.06. The molecule has 0 radical (unpaired) electrons. The normalized spacial score (nSPS) is 12.4. The molecule has 136 valence electrons. The summed E-state index contributed by atoms with van der Waals surface area (Å²) in [6.45, 7) is 10.5. The summed E-state index contributed by atoms with van der Waals surface area (Å²) in [5.74, 6) is 1.61. The van der Waals surface area contributed by atoms with Crippen LogP contribution in [0.2, 0.25) is 0 Å². The van der Waals surface area contributed by atoms with Crippen LogP contribution in [0.3, 0.4) is 0 Å². The van der Waals surface area contributed by atoms with E-state index in [1.165, 1.54) is 0 Å². The van der Waals surface area contributed by atoms with Crippen LogP contribution in [0.5, 0.6) is 0 Å². The fraction of sp³-hybridized carbons (Fsp3) is 0.556. The number of aromatic nitrogens is 4. The van der Waals surface area contributed by atoms with E-state index in [1.807, 2.05) is 39.0 Å². The van der Waals surface area contributed by atoms with Crippen molar-refractivity contribution in [1.82, 2.24) is 20.0 Å². The van der Waals surface area contributed by atoms with Gasteiger partial charge in [-0.1, -0.05) is 13.8 Å². The zero-order chi connectivity index (χ0) is 18.4. The molecule has 2 rings (SSSR count). The van der Waals surface area contributed by atoms with Crippen molar-refractivity contribution >= 4 is 11.7 Å². The van der Waals surface area contributed by atoms with Gasteiger partial charge in [-0.2, -0.15) is 14.9 Å². The smallest absolute Gasteiger partial charge is 0.227 e. The number of carbonyl (C=O) groups is 1. The van der Waals surface area contributed by atoms with Crippen molar-refractivity contribution in [2.45, 2.75) is 53.6 Å². The third-order valence-electron chi connectivity index (χ3n) is 3.63. The van der Waals surface area contributed by atoms with Gasteiger partial charge in [0, 0.05) is 6.07 Å². The Labute approximate surface area is 148 Å². The molecular weight excluding hydrogens is 318 g/mol. The molecule has 1 atom stereocenters. The molecule has 0 saturated carbocycles. The lowest BCUT2D eigenvalue weighted by atomic mass is 10.1. The molecule has 2 heterocycles. The van der Waals surface area contributed by atoms with Crippen LogP contribution in [0.15, 0.2) is 18.2 Å². The van der Waals surface area contributed by atoms with Gasteiger partial charge in [0.05, 0.1) is 30.5 Å². The highest BCUT2D eigenvalue weighted by molar-refractivity contribution is 5.90. The molecule has 1 N–H and O–H groups in total. The Kier molecular flexibility index (Phi) is 6.64. The lowest BCUT2D eigenvalue weighted by Gasteiger charge is -2.15. The van der Waals surface area contributed by atoms with Gasteiger partial charge in [-0.05, 0) is 45.2 Å². The van der Waals surface area contributed by atoms with Crippen molar-refractivity contribution in [3.63, 3.8) is 0 Å². The van der Waals surface area contributed by atoms with Crippen LogP contribution in [-0.2, 0) is 9.53 Å². The molecule has 0 aliphatic rings. The number of anilines is 1. The molecule has 1 unspecified atom stereocenters. The van der Waals surface area contributed by atoms with Gasteiger partial charge < -0.3 is 10.1 Å². The molecule has 25 heavy (non-hydrogen) atoms. The first-order chi connectivity index (χ1) is 11.8. The summed E-state index contributed by atoms with van der Waals surface area (Å²) >= 11 is 0. The second kappa shape index (κ2) is 8.71.